The van der Waals surface area contributed by atoms with Crippen LogP contribution in [0.5, 0.6) is 5.75 Å². The number of rotatable bonds is 11. The molecule has 4 aromatic rings. The van der Waals surface area contributed by atoms with E-state index in [1.165, 1.54) is 54.0 Å². The average Bonchev–Trinajstić information content (AvgIpc) is 2.94. The Morgan fingerprint density at radius 3 is 1.95 bits per heavy atom. The van der Waals surface area contributed by atoms with Crippen molar-refractivity contribution in [3.8, 4) is 5.75 Å². The van der Waals surface area contributed by atoms with Gasteiger partial charge in [0.05, 0.1) is 28.8 Å². The number of methoxy groups -OCH3 is 1. The molecule has 0 aliphatic carbocycles. The molecule has 12 heteroatoms. The molecule has 0 bridgehead atoms. The SMILES string of the molecule is CCN(c1cnc(N(COC=O)S(=O)(=O)c2ccc(OC)cc2)c2ccccc12)S(=O)(=O)c1ccc(C)cc1. The smallest absolute Gasteiger partial charge is 0.294 e. The summed E-state index contributed by atoms with van der Waals surface area (Å²) in [4.78, 5) is 15.5. The van der Waals surface area contributed by atoms with Crippen LogP contribution in [0.3, 0.4) is 0 Å². The summed E-state index contributed by atoms with van der Waals surface area (Å²) in [5, 5.41) is 0.792. The fourth-order valence-electron chi connectivity index (χ4n) is 4.08. The quantitative estimate of drug-likeness (QED) is 0.195. The van der Waals surface area contributed by atoms with Gasteiger partial charge in [-0.25, -0.2) is 26.1 Å². The number of hydrogen-bond donors (Lipinski definition) is 0. The van der Waals surface area contributed by atoms with Crippen molar-refractivity contribution >= 4 is 48.8 Å². The van der Waals surface area contributed by atoms with Crippen molar-refractivity contribution < 1.29 is 31.1 Å². The van der Waals surface area contributed by atoms with Crippen molar-refractivity contribution in [2.24, 2.45) is 0 Å². The minimum absolute atomic E-state index is 0.0317. The first kappa shape index (κ1) is 27.9. The third kappa shape index (κ3) is 5.38. The lowest BCUT2D eigenvalue weighted by molar-refractivity contribution is -0.128. The van der Waals surface area contributed by atoms with Crippen LogP contribution in [0.4, 0.5) is 11.5 Å². The first-order valence-corrected chi connectivity index (χ1v) is 14.7. The number of anilines is 2. The summed E-state index contributed by atoms with van der Waals surface area (Å²) in [6, 6.07) is 18.9. The van der Waals surface area contributed by atoms with Gasteiger partial charge in [0.15, 0.2) is 12.5 Å². The fraction of sp³-hybridized carbons (Fsp3) is 0.185. The topological polar surface area (TPSA) is 123 Å². The molecule has 0 saturated carbocycles. The van der Waals surface area contributed by atoms with Gasteiger partial charge in [-0.2, -0.15) is 0 Å². The molecule has 0 aliphatic rings. The van der Waals surface area contributed by atoms with Gasteiger partial charge < -0.3 is 9.47 Å². The van der Waals surface area contributed by atoms with E-state index in [2.05, 4.69) is 4.98 Å². The third-order valence-corrected chi connectivity index (χ3v) is 9.69. The maximum atomic E-state index is 13.7. The summed E-state index contributed by atoms with van der Waals surface area (Å²) in [5.41, 5.74) is 1.19. The molecule has 0 amide bonds. The number of aryl methyl sites for hydroxylation is 1. The van der Waals surface area contributed by atoms with Crippen LogP contribution in [0.15, 0.2) is 88.8 Å². The van der Waals surface area contributed by atoms with E-state index in [9.17, 15) is 21.6 Å². The normalized spacial score (nSPS) is 11.7. The standard InChI is InChI=1S/C27H27N3O7S2/c1-4-29(38(32,33)22-13-9-20(2)10-14-22)26-17-28-27(25-8-6-5-7-24(25)26)30(18-37-19-31)39(34,35)23-15-11-21(36-3)12-16-23/h5-17,19H,4,18H2,1-3H3. The predicted octanol–water partition coefficient (Wildman–Crippen LogP) is 4.09. The minimum Gasteiger partial charge on any atom is -0.497 e. The summed E-state index contributed by atoms with van der Waals surface area (Å²) in [6.07, 6.45) is 1.31. The molecule has 1 aromatic heterocycles. The lowest BCUT2D eigenvalue weighted by atomic mass is 10.1. The van der Waals surface area contributed by atoms with Crippen LogP contribution in [0.1, 0.15) is 12.5 Å². The van der Waals surface area contributed by atoms with Crippen LogP contribution in [0.25, 0.3) is 10.8 Å². The highest BCUT2D eigenvalue weighted by Crippen LogP contribution is 2.36. The van der Waals surface area contributed by atoms with E-state index in [0.29, 0.717) is 16.5 Å². The van der Waals surface area contributed by atoms with Crippen LogP contribution >= 0.6 is 0 Å². The Morgan fingerprint density at radius 1 is 0.821 bits per heavy atom. The van der Waals surface area contributed by atoms with E-state index in [1.54, 1.807) is 43.3 Å². The molecule has 0 fully saturated rings. The summed E-state index contributed by atoms with van der Waals surface area (Å²) >= 11 is 0. The lowest BCUT2D eigenvalue weighted by Crippen LogP contribution is -2.35. The molecule has 0 aliphatic heterocycles. The molecule has 0 spiro atoms. The molecule has 4 rings (SSSR count). The molecule has 39 heavy (non-hydrogen) atoms. The van der Waals surface area contributed by atoms with Crippen LogP contribution in [0, 0.1) is 6.92 Å². The van der Waals surface area contributed by atoms with Gasteiger partial charge in [-0.1, -0.05) is 42.0 Å². The monoisotopic (exact) mass is 569 g/mol. The number of ether oxygens (including phenoxy) is 2. The summed E-state index contributed by atoms with van der Waals surface area (Å²) in [5.74, 6) is 0.433. The molecule has 0 N–H and O–H groups in total. The molecule has 204 valence electrons. The van der Waals surface area contributed by atoms with E-state index < -0.39 is 26.8 Å². The Bertz CT molecular complexity index is 1690. The van der Waals surface area contributed by atoms with Gasteiger partial charge in [0.1, 0.15) is 5.75 Å². The van der Waals surface area contributed by atoms with Crippen molar-refractivity contribution in [1.82, 2.24) is 4.98 Å². The highest BCUT2D eigenvalue weighted by atomic mass is 32.2. The van der Waals surface area contributed by atoms with Crippen LogP contribution in [0.2, 0.25) is 0 Å². The Morgan fingerprint density at radius 2 is 1.38 bits per heavy atom. The molecule has 0 unspecified atom stereocenters. The molecule has 0 saturated heterocycles. The molecule has 0 radical (unpaired) electrons. The number of pyridine rings is 1. The highest BCUT2D eigenvalue weighted by Gasteiger charge is 2.31. The molecule has 3 aromatic carbocycles. The van der Waals surface area contributed by atoms with Gasteiger partial charge in [0.25, 0.3) is 26.5 Å². The number of hydrogen-bond acceptors (Lipinski definition) is 8. The predicted molar refractivity (Wildman–Crippen MR) is 148 cm³/mol. The number of carbonyl (C=O) groups excluding carboxylic acids is 1. The number of fused-ring (bicyclic) bond motifs is 1. The largest absolute Gasteiger partial charge is 0.497 e. The Kier molecular flexibility index (Phi) is 8.07. The first-order valence-electron chi connectivity index (χ1n) is 11.8. The van der Waals surface area contributed by atoms with Gasteiger partial charge >= 0.3 is 0 Å². The van der Waals surface area contributed by atoms with Gasteiger partial charge in [-0.3, -0.25) is 9.10 Å². The lowest BCUT2D eigenvalue weighted by Gasteiger charge is -2.27. The summed E-state index contributed by atoms with van der Waals surface area (Å²) < 4.78 is 66.6. The van der Waals surface area contributed by atoms with Crippen molar-refractivity contribution in [2.45, 2.75) is 23.6 Å². The van der Waals surface area contributed by atoms with E-state index in [-0.39, 0.29) is 34.3 Å². The zero-order valence-electron chi connectivity index (χ0n) is 21.5. The van der Waals surface area contributed by atoms with Crippen LogP contribution in [-0.4, -0.2) is 48.7 Å². The minimum atomic E-state index is -4.26. The number of aromatic nitrogens is 1. The molecular formula is C27H27N3O7S2. The number of benzene rings is 3. The summed E-state index contributed by atoms with van der Waals surface area (Å²) in [6.45, 7) is 3.16. The molecule has 10 nitrogen and oxygen atoms in total. The van der Waals surface area contributed by atoms with Gasteiger partial charge in [-0.15, -0.1) is 0 Å². The van der Waals surface area contributed by atoms with Gasteiger partial charge in [0.2, 0.25) is 0 Å². The highest BCUT2D eigenvalue weighted by molar-refractivity contribution is 7.93. The average molecular weight is 570 g/mol. The van der Waals surface area contributed by atoms with E-state index >= 15 is 0 Å². The second kappa shape index (κ2) is 11.3. The van der Waals surface area contributed by atoms with Gasteiger partial charge in [0, 0.05) is 17.3 Å². The number of nitrogens with zero attached hydrogens (tertiary/aromatic N) is 3. The molecule has 1 heterocycles. The van der Waals surface area contributed by atoms with Crippen molar-refractivity contribution in [2.75, 3.05) is 29.0 Å². The van der Waals surface area contributed by atoms with Crippen LogP contribution in [-0.2, 0) is 29.6 Å². The number of sulfonamides is 2. The number of carbonyl (C=O) groups is 1. The first-order chi connectivity index (χ1) is 18.6. The Balaban J connectivity index is 1.88. The maximum Gasteiger partial charge on any atom is 0.294 e. The van der Waals surface area contributed by atoms with Gasteiger partial charge in [-0.05, 0) is 50.2 Å². The van der Waals surface area contributed by atoms with Crippen LogP contribution < -0.4 is 13.3 Å². The van der Waals surface area contributed by atoms with Crippen molar-refractivity contribution in [1.29, 1.82) is 0 Å². The van der Waals surface area contributed by atoms with Crippen molar-refractivity contribution in [3.63, 3.8) is 0 Å². The van der Waals surface area contributed by atoms with E-state index in [4.69, 9.17) is 9.47 Å². The van der Waals surface area contributed by atoms with E-state index in [1.807, 2.05) is 6.92 Å². The molecular weight excluding hydrogens is 542 g/mol. The van der Waals surface area contributed by atoms with E-state index in [0.717, 1.165) is 9.87 Å². The fourth-order valence-corrected chi connectivity index (χ4v) is 6.87. The Labute approximate surface area is 227 Å². The third-order valence-electron chi connectivity index (χ3n) is 6.06. The zero-order chi connectivity index (χ0) is 28.2. The molecule has 0 atom stereocenters. The zero-order valence-corrected chi connectivity index (χ0v) is 23.1. The van der Waals surface area contributed by atoms with Crippen molar-refractivity contribution in [3.05, 3.63) is 84.6 Å². The second-order valence-electron chi connectivity index (χ2n) is 8.42. The summed E-state index contributed by atoms with van der Waals surface area (Å²) in [7, 11) is -6.75. The Hall–Kier alpha value is -4.16. The second-order valence-corrected chi connectivity index (χ2v) is 12.1. The maximum absolute atomic E-state index is 13.7.